The summed E-state index contributed by atoms with van der Waals surface area (Å²) in [6, 6.07) is 0. The summed E-state index contributed by atoms with van der Waals surface area (Å²) >= 11 is 0. The van der Waals surface area contributed by atoms with Crippen LogP contribution in [0.5, 0.6) is 0 Å². The summed E-state index contributed by atoms with van der Waals surface area (Å²) in [5.74, 6) is -0.541. The maximum absolute atomic E-state index is 10.6. The molecule has 0 heterocycles. The summed E-state index contributed by atoms with van der Waals surface area (Å²) in [6.07, 6.45) is 0.906. The van der Waals surface area contributed by atoms with Crippen LogP contribution in [0.3, 0.4) is 0 Å². The summed E-state index contributed by atoms with van der Waals surface area (Å²) in [5, 5.41) is 8.60. The predicted octanol–water partition coefficient (Wildman–Crippen LogP) is 1.40. The smallest absolute Gasteiger partial charge is 0.334 e. The quantitative estimate of drug-likeness (QED) is 0.362. The summed E-state index contributed by atoms with van der Waals surface area (Å²) in [4.78, 5) is 10.6. The predicted molar refractivity (Wildman–Crippen MR) is 37.6 cm³/mol. The fourth-order valence-corrected chi connectivity index (χ4v) is 0.437. The van der Waals surface area contributed by atoms with Crippen LogP contribution in [0.4, 0.5) is 0 Å². The molecule has 0 atom stereocenters. The van der Waals surface area contributed by atoms with Gasteiger partial charge in [-0.15, -0.1) is 0 Å². The second-order valence-corrected chi connectivity index (χ2v) is 2.27. The standard InChI is InChI=1S/C7H12O3/c1-5(2)10-7(9)4-6(3)8/h4-5,8H,1-3H3/b6-4+. The van der Waals surface area contributed by atoms with Gasteiger partial charge in [0.2, 0.25) is 0 Å². The molecule has 0 aromatic carbocycles. The van der Waals surface area contributed by atoms with Crippen molar-refractivity contribution in [2.24, 2.45) is 0 Å². The van der Waals surface area contributed by atoms with Crippen LogP contribution in [0.25, 0.3) is 0 Å². The van der Waals surface area contributed by atoms with Gasteiger partial charge in [0.05, 0.1) is 17.9 Å². The van der Waals surface area contributed by atoms with E-state index in [0.717, 1.165) is 6.08 Å². The van der Waals surface area contributed by atoms with Gasteiger partial charge < -0.3 is 9.84 Å². The Bertz CT molecular complexity index is 143. The SMILES string of the molecule is C/C(O)=C\C(=O)OC(C)C. The van der Waals surface area contributed by atoms with Crippen molar-refractivity contribution in [3.05, 3.63) is 11.8 Å². The van der Waals surface area contributed by atoms with Crippen LogP contribution in [-0.4, -0.2) is 17.2 Å². The molecule has 0 unspecified atom stereocenters. The van der Waals surface area contributed by atoms with E-state index in [1.165, 1.54) is 6.92 Å². The molecule has 0 aromatic rings. The van der Waals surface area contributed by atoms with Gasteiger partial charge in [0.1, 0.15) is 0 Å². The fourth-order valence-electron chi connectivity index (χ4n) is 0.437. The third-order valence-electron chi connectivity index (χ3n) is 0.679. The molecule has 3 heteroatoms. The van der Waals surface area contributed by atoms with Crippen molar-refractivity contribution in [2.75, 3.05) is 0 Å². The van der Waals surface area contributed by atoms with E-state index in [4.69, 9.17) is 5.11 Å². The lowest BCUT2D eigenvalue weighted by atomic mass is 10.4. The third kappa shape index (κ3) is 5.15. The molecule has 0 radical (unpaired) electrons. The number of allylic oxidation sites excluding steroid dienone is 1. The molecule has 0 saturated carbocycles. The second-order valence-electron chi connectivity index (χ2n) is 2.27. The Balaban J connectivity index is 3.76. The zero-order valence-corrected chi connectivity index (χ0v) is 6.42. The van der Waals surface area contributed by atoms with Crippen molar-refractivity contribution in [1.82, 2.24) is 0 Å². The van der Waals surface area contributed by atoms with Crippen LogP contribution in [0.1, 0.15) is 20.8 Å². The molecular weight excluding hydrogens is 132 g/mol. The first-order valence-corrected chi connectivity index (χ1v) is 3.10. The third-order valence-corrected chi connectivity index (χ3v) is 0.679. The van der Waals surface area contributed by atoms with Crippen LogP contribution >= 0.6 is 0 Å². The molecule has 0 aromatic heterocycles. The molecule has 1 N–H and O–H groups in total. The van der Waals surface area contributed by atoms with Gasteiger partial charge in [-0.1, -0.05) is 0 Å². The molecule has 58 valence electrons. The largest absolute Gasteiger partial charge is 0.512 e. The zero-order valence-electron chi connectivity index (χ0n) is 6.42. The fraction of sp³-hybridized carbons (Fsp3) is 0.571. The van der Waals surface area contributed by atoms with E-state index in [1.807, 2.05) is 0 Å². The summed E-state index contributed by atoms with van der Waals surface area (Å²) < 4.78 is 4.69. The minimum atomic E-state index is -0.505. The summed E-state index contributed by atoms with van der Waals surface area (Å²) in [7, 11) is 0. The van der Waals surface area contributed by atoms with Crippen molar-refractivity contribution >= 4 is 5.97 Å². The van der Waals surface area contributed by atoms with Crippen molar-refractivity contribution in [3.8, 4) is 0 Å². The number of aliphatic hydroxyl groups excluding tert-OH is 1. The van der Waals surface area contributed by atoms with E-state index in [-0.39, 0.29) is 11.9 Å². The van der Waals surface area contributed by atoms with Crippen molar-refractivity contribution < 1.29 is 14.6 Å². The van der Waals surface area contributed by atoms with E-state index in [0.29, 0.717) is 0 Å². The highest BCUT2D eigenvalue weighted by Gasteiger charge is 2.00. The zero-order chi connectivity index (χ0) is 8.15. The Morgan fingerprint density at radius 2 is 2.10 bits per heavy atom. The molecule has 0 aliphatic heterocycles. The van der Waals surface area contributed by atoms with Gasteiger partial charge >= 0.3 is 5.97 Å². The molecule has 0 amide bonds. The molecule has 10 heavy (non-hydrogen) atoms. The molecule has 0 rings (SSSR count). The van der Waals surface area contributed by atoms with Gasteiger partial charge in [-0.25, -0.2) is 4.79 Å². The van der Waals surface area contributed by atoms with Crippen LogP contribution in [0, 0.1) is 0 Å². The Labute approximate surface area is 60.3 Å². The van der Waals surface area contributed by atoms with Gasteiger partial charge in [-0.2, -0.15) is 0 Å². The van der Waals surface area contributed by atoms with Gasteiger partial charge in [0.25, 0.3) is 0 Å². The molecule has 0 saturated heterocycles. The van der Waals surface area contributed by atoms with E-state index in [9.17, 15) is 4.79 Å². The average Bonchev–Trinajstić information content (AvgIpc) is 1.58. The second kappa shape index (κ2) is 3.93. The maximum Gasteiger partial charge on any atom is 0.334 e. The summed E-state index contributed by atoms with van der Waals surface area (Å²) in [5.41, 5.74) is 0. The highest BCUT2D eigenvalue weighted by atomic mass is 16.5. The van der Waals surface area contributed by atoms with E-state index in [2.05, 4.69) is 4.74 Å². The Hall–Kier alpha value is -0.990. The Morgan fingerprint density at radius 3 is 2.40 bits per heavy atom. The average molecular weight is 144 g/mol. The number of hydrogen-bond donors (Lipinski definition) is 1. The number of aliphatic hydroxyl groups is 1. The van der Waals surface area contributed by atoms with Crippen LogP contribution < -0.4 is 0 Å². The monoisotopic (exact) mass is 144 g/mol. The number of esters is 1. The van der Waals surface area contributed by atoms with Crippen molar-refractivity contribution in [3.63, 3.8) is 0 Å². The Kier molecular flexibility index (Phi) is 3.54. The van der Waals surface area contributed by atoms with E-state index >= 15 is 0 Å². The first-order valence-electron chi connectivity index (χ1n) is 3.10. The van der Waals surface area contributed by atoms with Crippen LogP contribution in [0.15, 0.2) is 11.8 Å². The highest BCUT2D eigenvalue weighted by Crippen LogP contribution is 1.92. The van der Waals surface area contributed by atoms with E-state index in [1.54, 1.807) is 13.8 Å². The molecule has 0 bridgehead atoms. The van der Waals surface area contributed by atoms with Crippen LogP contribution in [-0.2, 0) is 9.53 Å². The number of ether oxygens (including phenoxy) is 1. The van der Waals surface area contributed by atoms with Gasteiger partial charge in [-0.3, -0.25) is 0 Å². The summed E-state index contributed by atoms with van der Waals surface area (Å²) in [6.45, 7) is 4.92. The normalized spacial score (nSPS) is 11.8. The topological polar surface area (TPSA) is 46.5 Å². The Morgan fingerprint density at radius 1 is 1.60 bits per heavy atom. The molecule has 0 fully saturated rings. The van der Waals surface area contributed by atoms with E-state index < -0.39 is 5.97 Å². The molecule has 0 aliphatic rings. The molecule has 0 spiro atoms. The van der Waals surface area contributed by atoms with Gasteiger partial charge in [0, 0.05) is 0 Å². The highest BCUT2D eigenvalue weighted by molar-refractivity contribution is 5.82. The first-order chi connectivity index (χ1) is 4.52. The maximum atomic E-state index is 10.6. The van der Waals surface area contributed by atoms with Crippen molar-refractivity contribution in [1.29, 1.82) is 0 Å². The van der Waals surface area contributed by atoms with Crippen LogP contribution in [0.2, 0.25) is 0 Å². The first kappa shape index (κ1) is 9.01. The number of carbonyl (C=O) groups is 1. The number of rotatable bonds is 2. The lowest BCUT2D eigenvalue weighted by Crippen LogP contribution is -2.08. The molecule has 3 nitrogen and oxygen atoms in total. The lowest BCUT2D eigenvalue weighted by molar-refractivity contribution is -0.141. The number of carbonyl (C=O) groups excluding carboxylic acids is 1. The minimum Gasteiger partial charge on any atom is -0.512 e. The van der Waals surface area contributed by atoms with Crippen molar-refractivity contribution in [2.45, 2.75) is 26.9 Å². The molecule has 0 aliphatic carbocycles. The lowest BCUT2D eigenvalue weighted by Gasteiger charge is -2.03. The molecular formula is C7H12O3. The van der Waals surface area contributed by atoms with Gasteiger partial charge in [-0.05, 0) is 20.8 Å². The van der Waals surface area contributed by atoms with Gasteiger partial charge in [0.15, 0.2) is 0 Å². The minimum absolute atomic E-state index is 0.0364. The number of hydrogen-bond acceptors (Lipinski definition) is 3.